The van der Waals surface area contributed by atoms with Crippen LogP contribution in [0.1, 0.15) is 49.3 Å². The standard InChI is InChI=1S/C28H30Cl2N4O2S/c1-18(2)37(35,36)34-15-13-24(14-16-34)31-28-25-17-21(7-12-26(25)32-33-28)27(19-3-8-22(29)9-4-19)20-5-10-23(30)11-6-20/h3-12,17-18,24,27H,13-16H2,1-2H3,(H2,31,32,33). The molecule has 1 aromatic heterocycles. The van der Waals surface area contributed by atoms with Crippen molar-refractivity contribution in [3.8, 4) is 0 Å². The number of halogens is 2. The summed E-state index contributed by atoms with van der Waals surface area (Å²) in [6, 6.07) is 22.4. The second-order valence-electron chi connectivity index (χ2n) is 9.82. The van der Waals surface area contributed by atoms with Crippen LogP contribution in [0.25, 0.3) is 10.9 Å². The van der Waals surface area contributed by atoms with Crippen LogP contribution in [0.4, 0.5) is 5.82 Å². The van der Waals surface area contributed by atoms with Crippen LogP contribution >= 0.6 is 23.2 Å². The fraction of sp³-hybridized carbons (Fsp3) is 0.321. The highest BCUT2D eigenvalue weighted by Gasteiger charge is 2.30. The number of aromatic nitrogens is 2. The fourth-order valence-corrected chi connectivity index (χ4v) is 6.52. The van der Waals surface area contributed by atoms with E-state index >= 15 is 0 Å². The molecule has 0 unspecified atom stereocenters. The summed E-state index contributed by atoms with van der Waals surface area (Å²) >= 11 is 12.4. The van der Waals surface area contributed by atoms with E-state index in [1.807, 2.05) is 24.3 Å². The Hall–Kier alpha value is -2.58. The van der Waals surface area contributed by atoms with Gasteiger partial charge in [-0.15, -0.1) is 0 Å². The first-order valence-corrected chi connectivity index (χ1v) is 14.7. The summed E-state index contributed by atoms with van der Waals surface area (Å²) < 4.78 is 26.7. The smallest absolute Gasteiger partial charge is 0.216 e. The monoisotopic (exact) mass is 556 g/mol. The number of nitrogens with one attached hydrogen (secondary N) is 2. The Labute approximate surface area is 228 Å². The third-order valence-electron chi connectivity index (χ3n) is 7.08. The number of anilines is 1. The Morgan fingerprint density at radius 2 is 1.43 bits per heavy atom. The lowest BCUT2D eigenvalue weighted by Gasteiger charge is -2.32. The molecule has 0 amide bonds. The minimum absolute atomic E-state index is 0.00818. The average molecular weight is 558 g/mol. The van der Waals surface area contributed by atoms with E-state index < -0.39 is 15.3 Å². The highest BCUT2D eigenvalue weighted by atomic mass is 35.5. The van der Waals surface area contributed by atoms with Crippen molar-refractivity contribution in [2.75, 3.05) is 18.4 Å². The lowest BCUT2D eigenvalue weighted by atomic mass is 9.85. The number of aromatic amines is 1. The first-order chi connectivity index (χ1) is 17.7. The number of hydrogen-bond donors (Lipinski definition) is 2. The third-order valence-corrected chi connectivity index (χ3v) is 9.86. The SMILES string of the molecule is CC(C)S(=O)(=O)N1CCC(Nc2n[nH]c3ccc(C(c4ccc(Cl)cc4)c4ccc(Cl)cc4)cc23)CC1. The summed E-state index contributed by atoms with van der Waals surface area (Å²) in [5, 5.41) is 13.2. The molecule has 1 aliphatic rings. The number of sulfonamides is 1. The van der Waals surface area contributed by atoms with Gasteiger partial charge in [-0.05, 0) is 79.8 Å². The van der Waals surface area contributed by atoms with Gasteiger partial charge in [0.25, 0.3) is 0 Å². The molecule has 1 aliphatic heterocycles. The molecule has 1 fully saturated rings. The number of benzene rings is 3. The molecule has 2 N–H and O–H groups in total. The fourth-order valence-electron chi connectivity index (χ4n) is 4.96. The van der Waals surface area contributed by atoms with Crippen molar-refractivity contribution >= 4 is 49.9 Å². The van der Waals surface area contributed by atoms with Gasteiger partial charge in [0.1, 0.15) is 0 Å². The molecule has 9 heteroatoms. The maximum absolute atomic E-state index is 12.5. The molecular weight excluding hydrogens is 527 g/mol. The zero-order valence-corrected chi connectivity index (χ0v) is 23.1. The molecule has 194 valence electrons. The summed E-state index contributed by atoms with van der Waals surface area (Å²) in [4.78, 5) is 0. The topological polar surface area (TPSA) is 78.1 Å². The summed E-state index contributed by atoms with van der Waals surface area (Å²) in [5.74, 6) is 0.777. The highest BCUT2D eigenvalue weighted by molar-refractivity contribution is 7.89. The minimum atomic E-state index is -3.23. The van der Waals surface area contributed by atoms with E-state index in [0.29, 0.717) is 23.1 Å². The second-order valence-corrected chi connectivity index (χ2v) is 13.2. The number of fused-ring (bicyclic) bond motifs is 1. The van der Waals surface area contributed by atoms with Gasteiger partial charge in [-0.3, -0.25) is 5.10 Å². The zero-order chi connectivity index (χ0) is 26.2. The van der Waals surface area contributed by atoms with Crippen LogP contribution in [0.5, 0.6) is 0 Å². The van der Waals surface area contributed by atoms with Gasteiger partial charge in [0.05, 0.1) is 10.8 Å². The van der Waals surface area contributed by atoms with Crippen molar-refractivity contribution in [2.24, 2.45) is 0 Å². The van der Waals surface area contributed by atoms with Gasteiger partial charge < -0.3 is 5.32 Å². The lowest BCUT2D eigenvalue weighted by molar-refractivity contribution is 0.327. The molecule has 0 aliphatic carbocycles. The van der Waals surface area contributed by atoms with Crippen LogP contribution in [-0.2, 0) is 10.0 Å². The largest absolute Gasteiger partial charge is 0.365 e. The quantitative estimate of drug-likeness (QED) is 0.249. The summed E-state index contributed by atoms with van der Waals surface area (Å²) in [6.45, 7) is 4.49. The molecule has 1 saturated heterocycles. The van der Waals surface area contributed by atoms with E-state index in [9.17, 15) is 8.42 Å². The van der Waals surface area contributed by atoms with Gasteiger partial charge in [-0.1, -0.05) is 53.5 Å². The number of hydrogen-bond acceptors (Lipinski definition) is 4. The number of H-pyrrole nitrogens is 1. The Morgan fingerprint density at radius 3 is 1.97 bits per heavy atom. The van der Waals surface area contributed by atoms with Crippen molar-refractivity contribution in [2.45, 2.75) is 43.9 Å². The predicted octanol–water partition coefficient (Wildman–Crippen LogP) is 6.66. The van der Waals surface area contributed by atoms with Crippen molar-refractivity contribution in [1.82, 2.24) is 14.5 Å². The number of piperidine rings is 1. The van der Waals surface area contributed by atoms with Crippen LogP contribution in [0.15, 0.2) is 66.7 Å². The molecule has 0 saturated carbocycles. The van der Waals surface area contributed by atoms with Crippen molar-refractivity contribution in [1.29, 1.82) is 0 Å². The number of nitrogens with zero attached hydrogens (tertiary/aromatic N) is 2. The third kappa shape index (κ3) is 5.50. The molecule has 6 nitrogen and oxygen atoms in total. The Kier molecular flexibility index (Phi) is 7.50. The van der Waals surface area contributed by atoms with Crippen molar-refractivity contribution in [3.05, 3.63) is 93.5 Å². The summed E-state index contributed by atoms with van der Waals surface area (Å²) in [6.07, 6.45) is 1.47. The molecule has 5 rings (SSSR count). The maximum atomic E-state index is 12.5. The zero-order valence-electron chi connectivity index (χ0n) is 20.8. The van der Waals surface area contributed by atoms with Crippen LogP contribution in [0.2, 0.25) is 10.0 Å². The van der Waals surface area contributed by atoms with Gasteiger partial charge in [-0.25, -0.2) is 12.7 Å². The molecule has 0 spiro atoms. The van der Waals surface area contributed by atoms with Crippen LogP contribution in [0.3, 0.4) is 0 Å². The molecular formula is C28H30Cl2N4O2S. The molecule has 0 radical (unpaired) electrons. The van der Waals surface area contributed by atoms with Gasteiger partial charge >= 0.3 is 0 Å². The molecule has 3 aromatic carbocycles. The van der Waals surface area contributed by atoms with Gasteiger partial charge in [-0.2, -0.15) is 5.10 Å². The first-order valence-electron chi connectivity index (χ1n) is 12.5. The Bertz CT molecular complexity index is 1430. The highest BCUT2D eigenvalue weighted by Crippen LogP contribution is 2.36. The lowest BCUT2D eigenvalue weighted by Crippen LogP contribution is -2.44. The minimum Gasteiger partial charge on any atom is -0.365 e. The second kappa shape index (κ2) is 10.7. The van der Waals surface area contributed by atoms with E-state index in [1.165, 1.54) is 0 Å². The molecule has 0 atom stereocenters. The van der Waals surface area contributed by atoms with Crippen LogP contribution < -0.4 is 5.32 Å². The van der Waals surface area contributed by atoms with E-state index in [1.54, 1.807) is 18.2 Å². The normalized spacial score (nSPS) is 15.6. The molecule has 2 heterocycles. The molecule has 4 aromatic rings. The summed E-state index contributed by atoms with van der Waals surface area (Å²) in [7, 11) is -3.23. The van der Waals surface area contributed by atoms with Gasteiger partial charge in [0.2, 0.25) is 10.0 Å². The van der Waals surface area contributed by atoms with Gasteiger partial charge in [0, 0.05) is 40.5 Å². The van der Waals surface area contributed by atoms with Gasteiger partial charge in [0.15, 0.2) is 5.82 Å². The average Bonchev–Trinajstić information content (AvgIpc) is 3.28. The van der Waals surface area contributed by atoms with Crippen molar-refractivity contribution in [3.63, 3.8) is 0 Å². The van der Waals surface area contributed by atoms with Crippen molar-refractivity contribution < 1.29 is 8.42 Å². The molecule has 0 bridgehead atoms. The summed E-state index contributed by atoms with van der Waals surface area (Å²) in [5.41, 5.74) is 4.32. The predicted molar refractivity (Wildman–Crippen MR) is 152 cm³/mol. The van der Waals surface area contributed by atoms with E-state index in [0.717, 1.165) is 46.3 Å². The number of rotatable bonds is 7. The van der Waals surface area contributed by atoms with Crippen LogP contribution in [0, 0.1) is 0 Å². The van der Waals surface area contributed by atoms with E-state index in [-0.39, 0.29) is 12.0 Å². The van der Waals surface area contributed by atoms with E-state index in [2.05, 4.69) is 58.0 Å². The molecule has 37 heavy (non-hydrogen) atoms. The Balaban J connectivity index is 1.43. The first kappa shape index (κ1) is 26.0. The maximum Gasteiger partial charge on any atom is 0.216 e. The Morgan fingerprint density at radius 1 is 0.892 bits per heavy atom. The van der Waals surface area contributed by atoms with Crippen LogP contribution in [-0.4, -0.2) is 47.3 Å². The van der Waals surface area contributed by atoms with E-state index in [4.69, 9.17) is 23.2 Å².